The number of phenols is 1. The quantitative estimate of drug-likeness (QED) is 0.801. The third kappa shape index (κ3) is 3.68. The number of aromatic hydroxyl groups is 1. The molecule has 3 N–H and O–H groups in total. The lowest BCUT2D eigenvalue weighted by molar-refractivity contribution is -0.152. The van der Waals surface area contributed by atoms with Crippen LogP contribution in [-0.4, -0.2) is 36.2 Å². The van der Waals surface area contributed by atoms with Crippen molar-refractivity contribution in [1.82, 2.24) is 0 Å². The van der Waals surface area contributed by atoms with Crippen molar-refractivity contribution in [3.05, 3.63) is 54.1 Å². The van der Waals surface area contributed by atoms with Gasteiger partial charge in [0.25, 0.3) is 5.91 Å². The fourth-order valence-electron chi connectivity index (χ4n) is 2.94. The first-order valence-electron chi connectivity index (χ1n) is 8.24. The number of carbonyl (C=O) groups excluding carboxylic acids is 2. The van der Waals surface area contributed by atoms with E-state index in [1.54, 1.807) is 29.2 Å². The molecule has 0 saturated heterocycles. The second-order valence-electron chi connectivity index (χ2n) is 5.91. The number of para-hydroxylation sites is 1. The topological polar surface area (TPSA) is 92.9 Å². The molecule has 1 heterocycles. The number of amides is 1. The molecule has 7 heteroatoms. The Hall–Kier alpha value is -2.51. The number of nitrogens with two attached hydrogens (primary N) is 1. The molecule has 2 aromatic carbocycles. The number of hydrogen-bond donors (Lipinski definition) is 2. The molecule has 0 saturated carbocycles. The van der Waals surface area contributed by atoms with E-state index in [4.69, 9.17) is 10.5 Å². The number of thioether (sulfide) groups is 1. The summed E-state index contributed by atoms with van der Waals surface area (Å²) in [4.78, 5) is 27.4. The number of fused-ring (bicyclic) bond motifs is 1. The molecule has 0 bridgehead atoms. The standard InChI is InChI=1S/C19H20N2O4S/c1-12(22)25-17-18(13-6-8-14(23)9-7-13)26-16-5-3-2-4-15(16)21(11-10-20)19(17)24/h2-9,17-18,23H,10-11,20H2,1H3/t17-,18+/m1/s1. The Balaban J connectivity index is 2.11. The van der Waals surface area contributed by atoms with E-state index in [-0.39, 0.29) is 11.7 Å². The first-order chi connectivity index (χ1) is 12.5. The van der Waals surface area contributed by atoms with Crippen molar-refractivity contribution in [1.29, 1.82) is 0 Å². The summed E-state index contributed by atoms with van der Waals surface area (Å²) in [6, 6.07) is 14.1. The first-order valence-corrected chi connectivity index (χ1v) is 9.12. The molecule has 3 rings (SSSR count). The summed E-state index contributed by atoms with van der Waals surface area (Å²) in [6.45, 7) is 1.91. The molecule has 0 radical (unpaired) electrons. The largest absolute Gasteiger partial charge is 0.508 e. The van der Waals surface area contributed by atoms with Crippen LogP contribution in [0.15, 0.2) is 53.4 Å². The number of hydrogen-bond acceptors (Lipinski definition) is 6. The number of rotatable bonds is 4. The van der Waals surface area contributed by atoms with Crippen molar-refractivity contribution in [3.63, 3.8) is 0 Å². The molecule has 2 aromatic rings. The molecule has 136 valence electrons. The van der Waals surface area contributed by atoms with Gasteiger partial charge >= 0.3 is 5.97 Å². The summed E-state index contributed by atoms with van der Waals surface area (Å²) in [5, 5.41) is 9.13. The Labute approximate surface area is 155 Å². The predicted molar refractivity (Wildman–Crippen MR) is 100 cm³/mol. The number of nitrogens with zero attached hydrogens (tertiary/aromatic N) is 1. The van der Waals surface area contributed by atoms with E-state index in [1.807, 2.05) is 24.3 Å². The van der Waals surface area contributed by atoms with E-state index in [0.29, 0.717) is 13.1 Å². The van der Waals surface area contributed by atoms with Gasteiger partial charge in [0.2, 0.25) is 0 Å². The minimum atomic E-state index is -0.985. The number of benzene rings is 2. The zero-order chi connectivity index (χ0) is 18.7. The molecule has 2 atom stereocenters. The Morgan fingerprint density at radius 1 is 1.23 bits per heavy atom. The lowest BCUT2D eigenvalue weighted by Crippen LogP contribution is -2.44. The molecule has 1 amide bonds. The average molecular weight is 372 g/mol. The summed E-state index contributed by atoms with van der Waals surface area (Å²) in [6.07, 6.45) is -0.985. The van der Waals surface area contributed by atoms with Gasteiger partial charge < -0.3 is 20.5 Å². The zero-order valence-electron chi connectivity index (χ0n) is 14.3. The minimum absolute atomic E-state index is 0.132. The second-order valence-corrected chi connectivity index (χ2v) is 7.09. The first kappa shape index (κ1) is 18.3. The van der Waals surface area contributed by atoms with E-state index >= 15 is 0 Å². The highest BCUT2D eigenvalue weighted by atomic mass is 32.2. The molecule has 0 spiro atoms. The Kier molecular flexibility index (Phi) is 5.49. The van der Waals surface area contributed by atoms with Gasteiger partial charge in [0.1, 0.15) is 5.75 Å². The van der Waals surface area contributed by atoms with Crippen LogP contribution in [0.4, 0.5) is 5.69 Å². The van der Waals surface area contributed by atoms with Gasteiger partial charge in [-0.25, -0.2) is 0 Å². The molecular formula is C19H20N2O4S. The van der Waals surface area contributed by atoms with E-state index in [9.17, 15) is 14.7 Å². The molecule has 6 nitrogen and oxygen atoms in total. The highest BCUT2D eigenvalue weighted by Crippen LogP contribution is 2.46. The number of carbonyl (C=O) groups is 2. The Morgan fingerprint density at radius 2 is 1.92 bits per heavy atom. The van der Waals surface area contributed by atoms with Gasteiger partial charge in [-0.1, -0.05) is 24.3 Å². The summed E-state index contributed by atoms with van der Waals surface area (Å²) in [5.41, 5.74) is 7.25. The smallest absolute Gasteiger partial charge is 0.303 e. The molecular weight excluding hydrogens is 352 g/mol. The van der Waals surface area contributed by atoms with Gasteiger partial charge in [-0.05, 0) is 29.8 Å². The van der Waals surface area contributed by atoms with Crippen LogP contribution in [0.1, 0.15) is 17.7 Å². The van der Waals surface area contributed by atoms with Crippen molar-refractivity contribution < 1.29 is 19.4 Å². The monoisotopic (exact) mass is 372 g/mol. The maximum absolute atomic E-state index is 13.2. The van der Waals surface area contributed by atoms with Gasteiger partial charge in [-0.15, -0.1) is 11.8 Å². The van der Waals surface area contributed by atoms with Crippen molar-refractivity contribution in [3.8, 4) is 5.75 Å². The number of anilines is 1. The van der Waals surface area contributed by atoms with Crippen LogP contribution in [0.25, 0.3) is 0 Å². The summed E-state index contributed by atoms with van der Waals surface area (Å²) in [5.74, 6) is -0.694. The minimum Gasteiger partial charge on any atom is -0.508 e. The van der Waals surface area contributed by atoms with E-state index in [2.05, 4.69) is 0 Å². The van der Waals surface area contributed by atoms with Crippen LogP contribution in [0.2, 0.25) is 0 Å². The molecule has 0 aliphatic carbocycles. The highest BCUT2D eigenvalue weighted by Gasteiger charge is 2.40. The van der Waals surface area contributed by atoms with Crippen molar-refractivity contribution >= 4 is 29.3 Å². The Bertz CT molecular complexity index is 809. The molecule has 26 heavy (non-hydrogen) atoms. The van der Waals surface area contributed by atoms with Crippen LogP contribution in [0, 0.1) is 0 Å². The normalized spacial score (nSPS) is 19.6. The van der Waals surface area contributed by atoms with Gasteiger partial charge in [-0.2, -0.15) is 0 Å². The van der Waals surface area contributed by atoms with Gasteiger partial charge in [0, 0.05) is 24.9 Å². The lowest BCUT2D eigenvalue weighted by Gasteiger charge is -2.27. The van der Waals surface area contributed by atoms with Gasteiger partial charge in [0.15, 0.2) is 6.10 Å². The third-order valence-electron chi connectivity index (χ3n) is 4.06. The third-order valence-corrected chi connectivity index (χ3v) is 5.43. The summed E-state index contributed by atoms with van der Waals surface area (Å²) < 4.78 is 5.43. The van der Waals surface area contributed by atoms with Crippen molar-refractivity contribution in [2.75, 3.05) is 18.0 Å². The zero-order valence-corrected chi connectivity index (χ0v) is 15.1. The van der Waals surface area contributed by atoms with Crippen LogP contribution < -0.4 is 10.6 Å². The Morgan fingerprint density at radius 3 is 2.58 bits per heavy atom. The van der Waals surface area contributed by atoms with Crippen LogP contribution in [0.5, 0.6) is 5.75 Å². The van der Waals surface area contributed by atoms with Crippen molar-refractivity contribution in [2.24, 2.45) is 5.73 Å². The fourth-order valence-corrected chi connectivity index (χ4v) is 4.26. The highest BCUT2D eigenvalue weighted by molar-refractivity contribution is 7.99. The number of esters is 1. The van der Waals surface area contributed by atoms with E-state index in [1.165, 1.54) is 18.7 Å². The number of ether oxygens (including phenoxy) is 1. The van der Waals surface area contributed by atoms with E-state index < -0.39 is 17.3 Å². The molecule has 1 aliphatic rings. The molecule has 0 fully saturated rings. The maximum atomic E-state index is 13.2. The van der Waals surface area contributed by atoms with Crippen LogP contribution in [0.3, 0.4) is 0 Å². The molecule has 0 unspecified atom stereocenters. The van der Waals surface area contributed by atoms with Crippen molar-refractivity contribution in [2.45, 2.75) is 23.2 Å². The van der Waals surface area contributed by atoms with Gasteiger partial charge in [-0.3, -0.25) is 9.59 Å². The molecule has 0 aromatic heterocycles. The van der Waals surface area contributed by atoms with E-state index in [0.717, 1.165) is 16.1 Å². The lowest BCUT2D eigenvalue weighted by atomic mass is 10.1. The number of phenolic OH excluding ortho intramolecular Hbond substituents is 1. The van der Waals surface area contributed by atoms with Crippen LogP contribution in [-0.2, 0) is 14.3 Å². The summed E-state index contributed by atoms with van der Waals surface area (Å²) in [7, 11) is 0. The maximum Gasteiger partial charge on any atom is 0.303 e. The SMILES string of the molecule is CC(=O)O[C@H]1C(=O)N(CCN)c2ccccc2S[C@H]1c1ccc(O)cc1. The molecule has 1 aliphatic heterocycles. The average Bonchev–Trinajstić information content (AvgIpc) is 2.73. The second kappa shape index (κ2) is 7.80. The summed E-state index contributed by atoms with van der Waals surface area (Å²) >= 11 is 1.46. The van der Waals surface area contributed by atoms with Crippen LogP contribution >= 0.6 is 11.8 Å². The fraction of sp³-hybridized carbons (Fsp3) is 0.263. The van der Waals surface area contributed by atoms with Gasteiger partial charge in [0.05, 0.1) is 10.9 Å². The predicted octanol–water partition coefficient (Wildman–Crippen LogP) is 2.46.